The van der Waals surface area contributed by atoms with E-state index in [0.717, 1.165) is 22.9 Å². The van der Waals surface area contributed by atoms with Crippen LogP contribution in [0.25, 0.3) is 5.69 Å². The van der Waals surface area contributed by atoms with Crippen LogP contribution in [0, 0.1) is 11.6 Å². The number of hydrogen-bond donors (Lipinski definition) is 3. The summed E-state index contributed by atoms with van der Waals surface area (Å²) in [7, 11) is 1.57. The van der Waals surface area contributed by atoms with E-state index in [4.69, 9.17) is 9.84 Å². The highest BCUT2D eigenvalue weighted by Crippen LogP contribution is 2.31. The number of nitrogens with one attached hydrogen (secondary N) is 2. The Kier molecular flexibility index (Phi) is 8.10. The second kappa shape index (κ2) is 11.3. The molecule has 0 saturated carbocycles. The van der Waals surface area contributed by atoms with E-state index in [1.54, 1.807) is 37.4 Å². The molecule has 2 amide bonds. The number of rotatable bonds is 9. The number of carbonyl (C=O) groups is 1. The molecule has 198 valence electrons. The predicted octanol–water partition coefficient (Wildman–Crippen LogP) is 3.47. The molecular formula is C25H27F4N5O3. The maximum atomic E-state index is 14.2. The summed E-state index contributed by atoms with van der Waals surface area (Å²) in [5, 5.41) is 18.4. The average Bonchev–Trinajstić information content (AvgIpc) is 3.49. The molecule has 37 heavy (non-hydrogen) atoms. The van der Waals surface area contributed by atoms with Gasteiger partial charge in [-0.3, -0.25) is 10.2 Å². The lowest BCUT2D eigenvalue weighted by Crippen LogP contribution is -2.42. The molecule has 2 atom stereocenters. The van der Waals surface area contributed by atoms with Crippen molar-refractivity contribution in [2.24, 2.45) is 0 Å². The number of aromatic nitrogens is 2. The van der Waals surface area contributed by atoms with Gasteiger partial charge < -0.3 is 15.2 Å². The predicted molar refractivity (Wildman–Crippen MR) is 128 cm³/mol. The van der Waals surface area contributed by atoms with E-state index in [-0.39, 0.29) is 11.7 Å². The minimum absolute atomic E-state index is 0.0366. The lowest BCUT2D eigenvalue weighted by Gasteiger charge is -2.21. The molecule has 1 aromatic heterocycles. The lowest BCUT2D eigenvalue weighted by molar-refractivity contribution is -0.0594. The number of methoxy groups -OCH3 is 1. The van der Waals surface area contributed by atoms with E-state index < -0.39 is 41.9 Å². The molecule has 12 heteroatoms. The van der Waals surface area contributed by atoms with Gasteiger partial charge in [-0.05, 0) is 29.8 Å². The fourth-order valence-electron chi connectivity index (χ4n) is 4.33. The van der Waals surface area contributed by atoms with Gasteiger partial charge in [0, 0.05) is 38.7 Å². The molecule has 8 nitrogen and oxygen atoms in total. The van der Waals surface area contributed by atoms with Crippen molar-refractivity contribution in [1.82, 2.24) is 20.0 Å². The van der Waals surface area contributed by atoms with E-state index >= 15 is 0 Å². The average molecular weight is 522 g/mol. The Labute approximate surface area is 210 Å². The van der Waals surface area contributed by atoms with Crippen molar-refractivity contribution >= 4 is 11.8 Å². The fraction of sp³-hybridized carbons (Fsp3) is 0.360. The molecular weight excluding hydrogens is 494 g/mol. The maximum absolute atomic E-state index is 14.2. The number of aliphatic hydroxyl groups is 1. The zero-order chi connectivity index (χ0) is 26.6. The number of urea groups is 1. The monoisotopic (exact) mass is 521 g/mol. The molecule has 0 aliphatic carbocycles. The number of amides is 2. The molecule has 0 radical (unpaired) electrons. The first kappa shape index (κ1) is 26.6. The minimum atomic E-state index is -3.61. The summed E-state index contributed by atoms with van der Waals surface area (Å²) in [6, 6.07) is 11.8. The van der Waals surface area contributed by atoms with Crippen molar-refractivity contribution in [3.8, 4) is 5.69 Å². The van der Waals surface area contributed by atoms with Gasteiger partial charge in [0.15, 0.2) is 11.6 Å². The maximum Gasteiger partial charge on any atom is 0.320 e. The topological polar surface area (TPSA) is 91.7 Å². The highest BCUT2D eigenvalue weighted by Gasteiger charge is 2.37. The number of likely N-dealkylation sites (tertiary alicyclic amines) is 1. The Balaban J connectivity index is 1.57. The van der Waals surface area contributed by atoms with Crippen LogP contribution in [0.4, 0.5) is 28.2 Å². The minimum Gasteiger partial charge on any atom is -0.390 e. The smallest absolute Gasteiger partial charge is 0.320 e. The third kappa shape index (κ3) is 6.09. The molecule has 2 heterocycles. The van der Waals surface area contributed by atoms with Crippen LogP contribution in [-0.4, -0.2) is 71.8 Å². The van der Waals surface area contributed by atoms with Gasteiger partial charge in [-0.1, -0.05) is 24.3 Å². The summed E-state index contributed by atoms with van der Waals surface area (Å²) in [4.78, 5) is 15.0. The number of alkyl halides is 2. The van der Waals surface area contributed by atoms with Crippen molar-refractivity contribution in [2.75, 3.05) is 45.3 Å². The van der Waals surface area contributed by atoms with E-state index in [0.29, 0.717) is 37.5 Å². The number of nitrogens with zero attached hydrogens (tertiary/aromatic N) is 3. The summed E-state index contributed by atoms with van der Waals surface area (Å²) >= 11 is 0. The normalized spacial score (nSPS) is 18.2. The van der Waals surface area contributed by atoms with Crippen molar-refractivity contribution in [1.29, 1.82) is 0 Å². The fourth-order valence-corrected chi connectivity index (χ4v) is 4.33. The highest BCUT2D eigenvalue weighted by molar-refractivity contribution is 5.89. The van der Waals surface area contributed by atoms with E-state index in [1.165, 1.54) is 6.07 Å². The molecule has 1 aliphatic heterocycles. The Morgan fingerprint density at radius 2 is 1.89 bits per heavy atom. The van der Waals surface area contributed by atoms with Crippen LogP contribution in [-0.2, 0) is 10.7 Å². The van der Waals surface area contributed by atoms with Crippen LogP contribution >= 0.6 is 0 Å². The quantitative estimate of drug-likeness (QED) is 0.375. The lowest BCUT2D eigenvalue weighted by atomic mass is 9.94. The van der Waals surface area contributed by atoms with Crippen LogP contribution in [0.5, 0.6) is 0 Å². The van der Waals surface area contributed by atoms with Gasteiger partial charge in [0.05, 0.1) is 18.3 Å². The highest BCUT2D eigenvalue weighted by atomic mass is 19.3. The number of aliphatic hydroxyl groups excluding tert-OH is 1. The Morgan fingerprint density at radius 1 is 1.14 bits per heavy atom. The van der Waals surface area contributed by atoms with Gasteiger partial charge in [0.25, 0.3) is 0 Å². The standard InChI is InChI=1S/C25H27F4N5O3/c1-37-10-9-33-13-18(16-7-8-19(26)20(27)11-16)21(14-33)30-24(36)31-23-12-22(25(28,29)15-35)32-34(23)17-5-3-2-4-6-17/h2-8,11-12,18,21,35H,9-10,13-15H2,1H3,(H2,30,31,36)/t18-,21+/m0/s1. The molecule has 0 bridgehead atoms. The number of hydrogen-bond acceptors (Lipinski definition) is 5. The number of anilines is 1. The first-order chi connectivity index (χ1) is 17.7. The van der Waals surface area contributed by atoms with Gasteiger partial charge in [0.2, 0.25) is 0 Å². The zero-order valence-corrected chi connectivity index (χ0v) is 20.0. The van der Waals surface area contributed by atoms with Crippen LogP contribution in [0.3, 0.4) is 0 Å². The Hall–Kier alpha value is -3.48. The second-order valence-electron chi connectivity index (χ2n) is 8.76. The Morgan fingerprint density at radius 3 is 2.57 bits per heavy atom. The van der Waals surface area contributed by atoms with Gasteiger partial charge in [-0.25, -0.2) is 18.3 Å². The molecule has 3 N–H and O–H groups in total. The summed E-state index contributed by atoms with van der Waals surface area (Å²) in [5.41, 5.74) is 0.229. The van der Waals surface area contributed by atoms with E-state index in [9.17, 15) is 22.4 Å². The molecule has 0 unspecified atom stereocenters. The number of ether oxygens (including phenoxy) is 1. The largest absolute Gasteiger partial charge is 0.390 e. The number of carbonyl (C=O) groups excluding carboxylic acids is 1. The molecule has 2 aromatic carbocycles. The summed E-state index contributed by atoms with van der Waals surface area (Å²) in [6.07, 6.45) is 0. The van der Waals surface area contributed by atoms with Crippen LogP contribution < -0.4 is 10.6 Å². The molecule has 0 spiro atoms. The molecule has 1 fully saturated rings. The van der Waals surface area contributed by atoms with Crippen molar-refractivity contribution in [3.63, 3.8) is 0 Å². The SMILES string of the molecule is COCCN1C[C@@H](NC(=O)Nc2cc(C(F)(F)CO)nn2-c2ccccc2)[C@H](c2ccc(F)c(F)c2)C1. The van der Waals surface area contributed by atoms with Gasteiger partial charge >= 0.3 is 12.0 Å². The number of para-hydroxylation sites is 1. The van der Waals surface area contributed by atoms with Crippen molar-refractivity contribution in [2.45, 2.75) is 17.9 Å². The molecule has 3 aromatic rings. The molecule has 1 saturated heterocycles. The van der Waals surface area contributed by atoms with Crippen LogP contribution in [0.2, 0.25) is 0 Å². The van der Waals surface area contributed by atoms with Gasteiger partial charge in [-0.2, -0.15) is 13.9 Å². The molecule has 4 rings (SSSR count). The second-order valence-corrected chi connectivity index (χ2v) is 8.76. The summed E-state index contributed by atoms with van der Waals surface area (Å²) in [6.45, 7) is 0.443. The van der Waals surface area contributed by atoms with Crippen LogP contribution in [0.15, 0.2) is 54.6 Å². The zero-order valence-electron chi connectivity index (χ0n) is 20.0. The van der Waals surface area contributed by atoms with Gasteiger partial charge in [0.1, 0.15) is 18.1 Å². The number of benzene rings is 2. The third-order valence-corrected chi connectivity index (χ3v) is 6.22. The first-order valence-electron chi connectivity index (χ1n) is 11.6. The van der Waals surface area contributed by atoms with Crippen LogP contribution in [0.1, 0.15) is 17.2 Å². The van der Waals surface area contributed by atoms with Crippen molar-refractivity contribution in [3.05, 3.63) is 77.5 Å². The molecule has 1 aliphatic rings. The summed E-state index contributed by atoms with van der Waals surface area (Å²) < 4.78 is 62.1. The number of halogens is 4. The van der Waals surface area contributed by atoms with E-state index in [1.807, 2.05) is 4.90 Å². The third-order valence-electron chi connectivity index (χ3n) is 6.22. The van der Waals surface area contributed by atoms with Gasteiger partial charge in [-0.15, -0.1) is 0 Å². The first-order valence-corrected chi connectivity index (χ1v) is 11.6. The Bertz CT molecular complexity index is 1220. The summed E-state index contributed by atoms with van der Waals surface area (Å²) in [5.74, 6) is -5.96. The van der Waals surface area contributed by atoms with Crippen molar-refractivity contribution < 1.29 is 32.2 Å². The van der Waals surface area contributed by atoms with E-state index in [2.05, 4.69) is 15.7 Å².